The van der Waals surface area contributed by atoms with Gasteiger partial charge in [0, 0.05) is 11.6 Å². The van der Waals surface area contributed by atoms with Crippen molar-refractivity contribution < 1.29 is 0 Å². The standard InChI is InChI=1S/C7H4ClN3O/c8-5-3-4-1-2-9-7(12)6(4)11-10-5/h1-3H,(H,9,12). The SMILES string of the molecule is O=c1[nH]ccc2cc(Cl)nnc12. The Morgan fingerprint density at radius 1 is 1.42 bits per heavy atom. The molecule has 1 N–H and O–H groups in total. The highest BCUT2D eigenvalue weighted by Gasteiger charge is 1.99. The molecule has 0 atom stereocenters. The van der Waals surface area contributed by atoms with E-state index in [9.17, 15) is 4.79 Å². The first kappa shape index (κ1) is 7.24. The molecule has 0 unspecified atom stereocenters. The number of halogens is 1. The summed E-state index contributed by atoms with van der Waals surface area (Å²) in [7, 11) is 0. The molecular formula is C7H4ClN3O. The number of aromatic amines is 1. The molecule has 12 heavy (non-hydrogen) atoms. The number of nitrogens with one attached hydrogen (secondary N) is 1. The van der Waals surface area contributed by atoms with Crippen LogP contribution in [0.1, 0.15) is 0 Å². The minimum Gasteiger partial charge on any atom is -0.327 e. The van der Waals surface area contributed by atoms with Crippen LogP contribution in [0.4, 0.5) is 0 Å². The normalized spacial score (nSPS) is 10.4. The summed E-state index contributed by atoms with van der Waals surface area (Å²) in [5, 5.41) is 8.20. The molecule has 0 bridgehead atoms. The van der Waals surface area contributed by atoms with Crippen LogP contribution in [0.3, 0.4) is 0 Å². The highest BCUT2D eigenvalue weighted by molar-refractivity contribution is 6.29. The van der Waals surface area contributed by atoms with Crippen LogP contribution in [0.15, 0.2) is 23.1 Å². The number of nitrogens with zero attached hydrogens (tertiary/aromatic N) is 2. The second-order valence-electron chi connectivity index (χ2n) is 2.28. The number of fused-ring (bicyclic) bond motifs is 1. The third-order valence-electron chi connectivity index (χ3n) is 1.49. The Morgan fingerprint density at radius 2 is 2.25 bits per heavy atom. The van der Waals surface area contributed by atoms with E-state index in [0.717, 1.165) is 0 Å². The lowest BCUT2D eigenvalue weighted by molar-refractivity contribution is 1.06. The van der Waals surface area contributed by atoms with Gasteiger partial charge in [0.25, 0.3) is 5.56 Å². The lowest BCUT2D eigenvalue weighted by Crippen LogP contribution is -2.06. The Balaban J connectivity index is 2.96. The molecular weight excluding hydrogens is 178 g/mol. The van der Waals surface area contributed by atoms with Gasteiger partial charge in [0.05, 0.1) is 0 Å². The zero-order valence-corrected chi connectivity index (χ0v) is 6.67. The van der Waals surface area contributed by atoms with E-state index in [0.29, 0.717) is 10.9 Å². The summed E-state index contributed by atoms with van der Waals surface area (Å²) in [5.74, 6) is 0. The monoisotopic (exact) mass is 181 g/mol. The summed E-state index contributed by atoms with van der Waals surface area (Å²) < 4.78 is 0. The van der Waals surface area contributed by atoms with Crippen LogP contribution in [0.2, 0.25) is 5.15 Å². The molecule has 5 heteroatoms. The van der Waals surface area contributed by atoms with Gasteiger partial charge in [-0.3, -0.25) is 4.79 Å². The maximum atomic E-state index is 11.1. The third kappa shape index (κ3) is 1.06. The average Bonchev–Trinajstić information content (AvgIpc) is 2.04. The van der Waals surface area contributed by atoms with Gasteiger partial charge in [0.2, 0.25) is 0 Å². The smallest absolute Gasteiger partial charge is 0.276 e. The van der Waals surface area contributed by atoms with Gasteiger partial charge >= 0.3 is 0 Å². The largest absolute Gasteiger partial charge is 0.327 e. The van der Waals surface area contributed by atoms with Crippen LogP contribution in [-0.4, -0.2) is 15.2 Å². The van der Waals surface area contributed by atoms with Crippen molar-refractivity contribution in [3.63, 3.8) is 0 Å². The van der Waals surface area contributed by atoms with Crippen LogP contribution in [-0.2, 0) is 0 Å². The summed E-state index contributed by atoms with van der Waals surface area (Å²) in [6.07, 6.45) is 1.54. The maximum Gasteiger partial charge on any atom is 0.276 e. The van der Waals surface area contributed by atoms with Crippen LogP contribution < -0.4 is 5.56 Å². The molecule has 2 aromatic rings. The molecule has 0 saturated carbocycles. The summed E-state index contributed by atoms with van der Waals surface area (Å²) in [6.45, 7) is 0. The fraction of sp³-hybridized carbons (Fsp3) is 0. The van der Waals surface area contributed by atoms with E-state index in [2.05, 4.69) is 15.2 Å². The van der Waals surface area contributed by atoms with Crippen molar-refractivity contribution in [2.24, 2.45) is 0 Å². The summed E-state index contributed by atoms with van der Waals surface area (Å²) in [6, 6.07) is 3.32. The summed E-state index contributed by atoms with van der Waals surface area (Å²) in [5.41, 5.74) is 0.0542. The van der Waals surface area contributed by atoms with Crippen LogP contribution in [0, 0.1) is 0 Å². The zero-order chi connectivity index (χ0) is 8.55. The summed E-state index contributed by atoms with van der Waals surface area (Å²) >= 11 is 5.59. The van der Waals surface area contributed by atoms with Gasteiger partial charge in [0.15, 0.2) is 10.7 Å². The van der Waals surface area contributed by atoms with Gasteiger partial charge < -0.3 is 4.98 Å². The average molecular weight is 182 g/mol. The number of hydrogen-bond acceptors (Lipinski definition) is 3. The lowest BCUT2D eigenvalue weighted by Gasteiger charge is -1.92. The quantitative estimate of drug-likeness (QED) is 0.659. The highest BCUT2D eigenvalue weighted by Crippen LogP contribution is 2.09. The van der Waals surface area contributed by atoms with Crippen molar-refractivity contribution in [3.05, 3.63) is 33.8 Å². The molecule has 4 nitrogen and oxygen atoms in total. The molecule has 60 valence electrons. The number of rotatable bonds is 0. The van der Waals surface area contributed by atoms with E-state index in [1.807, 2.05) is 0 Å². The first-order valence-electron chi connectivity index (χ1n) is 3.28. The Kier molecular flexibility index (Phi) is 1.55. The first-order chi connectivity index (χ1) is 5.77. The molecule has 2 heterocycles. The molecule has 0 aliphatic heterocycles. The van der Waals surface area contributed by atoms with Gasteiger partial charge in [-0.1, -0.05) is 11.6 Å². The lowest BCUT2D eigenvalue weighted by atomic mass is 10.3. The van der Waals surface area contributed by atoms with E-state index in [4.69, 9.17) is 11.6 Å². The van der Waals surface area contributed by atoms with Crippen molar-refractivity contribution in [2.75, 3.05) is 0 Å². The second-order valence-corrected chi connectivity index (χ2v) is 2.67. The maximum absolute atomic E-state index is 11.1. The minimum atomic E-state index is -0.253. The number of aromatic nitrogens is 3. The van der Waals surface area contributed by atoms with Gasteiger partial charge in [-0.25, -0.2) is 0 Å². The van der Waals surface area contributed by atoms with Crippen molar-refractivity contribution in [2.45, 2.75) is 0 Å². The topological polar surface area (TPSA) is 58.6 Å². The molecule has 0 saturated heterocycles. The van der Waals surface area contributed by atoms with Gasteiger partial charge in [-0.15, -0.1) is 10.2 Å². The van der Waals surface area contributed by atoms with Gasteiger partial charge in [0.1, 0.15) is 0 Å². The number of pyridine rings is 1. The Hall–Kier alpha value is -1.42. The first-order valence-corrected chi connectivity index (χ1v) is 3.66. The summed E-state index contributed by atoms with van der Waals surface area (Å²) in [4.78, 5) is 13.6. The van der Waals surface area contributed by atoms with E-state index in [-0.39, 0.29) is 10.7 Å². The second kappa shape index (κ2) is 2.57. The Bertz CT molecular complexity index is 479. The van der Waals surface area contributed by atoms with Crippen molar-refractivity contribution in [1.29, 1.82) is 0 Å². The van der Waals surface area contributed by atoms with Crippen molar-refractivity contribution in [3.8, 4) is 0 Å². The molecule has 0 amide bonds. The van der Waals surface area contributed by atoms with Crippen molar-refractivity contribution >= 4 is 22.5 Å². The molecule has 2 rings (SSSR count). The minimum absolute atomic E-state index is 0.253. The number of hydrogen-bond donors (Lipinski definition) is 1. The molecule has 0 fully saturated rings. The van der Waals surface area contributed by atoms with Crippen LogP contribution in [0.5, 0.6) is 0 Å². The zero-order valence-electron chi connectivity index (χ0n) is 5.91. The highest BCUT2D eigenvalue weighted by atomic mass is 35.5. The molecule has 0 aromatic carbocycles. The molecule has 0 aliphatic rings. The van der Waals surface area contributed by atoms with E-state index in [1.54, 1.807) is 18.3 Å². The Labute approximate surface area is 72.2 Å². The fourth-order valence-electron chi connectivity index (χ4n) is 0.960. The molecule has 0 radical (unpaired) electrons. The molecule has 0 aliphatic carbocycles. The predicted octanol–water partition coefficient (Wildman–Crippen LogP) is 0.972. The van der Waals surface area contributed by atoms with Crippen molar-refractivity contribution in [1.82, 2.24) is 15.2 Å². The van der Waals surface area contributed by atoms with Gasteiger partial charge in [-0.05, 0) is 12.1 Å². The van der Waals surface area contributed by atoms with Crippen LogP contribution in [0.25, 0.3) is 10.9 Å². The van der Waals surface area contributed by atoms with E-state index in [1.165, 1.54) is 0 Å². The van der Waals surface area contributed by atoms with Crippen LogP contribution >= 0.6 is 11.6 Å². The fourth-order valence-corrected chi connectivity index (χ4v) is 1.12. The predicted molar refractivity (Wildman–Crippen MR) is 45.2 cm³/mol. The third-order valence-corrected chi connectivity index (χ3v) is 1.67. The number of H-pyrrole nitrogens is 1. The molecule has 2 aromatic heterocycles. The van der Waals surface area contributed by atoms with Gasteiger partial charge in [-0.2, -0.15) is 0 Å². The van der Waals surface area contributed by atoms with E-state index >= 15 is 0 Å². The van der Waals surface area contributed by atoms with E-state index < -0.39 is 0 Å². The molecule has 0 spiro atoms. The Morgan fingerprint density at radius 3 is 3.08 bits per heavy atom.